The van der Waals surface area contributed by atoms with Crippen LogP contribution in [0.15, 0.2) is 41.1 Å². The fourth-order valence-electron chi connectivity index (χ4n) is 1.97. The van der Waals surface area contributed by atoms with E-state index in [1.165, 1.54) is 5.56 Å². The van der Waals surface area contributed by atoms with Gasteiger partial charge in [0.1, 0.15) is 5.76 Å². The van der Waals surface area contributed by atoms with Gasteiger partial charge >= 0.3 is 0 Å². The maximum atomic E-state index is 5.56. The summed E-state index contributed by atoms with van der Waals surface area (Å²) < 4.78 is 5.56. The van der Waals surface area contributed by atoms with Crippen LogP contribution in [-0.2, 0) is 6.42 Å². The Kier molecular flexibility index (Phi) is 3.94. The summed E-state index contributed by atoms with van der Waals surface area (Å²) in [5.74, 6) is 1.01. The highest BCUT2D eigenvalue weighted by Gasteiger charge is 2.16. The Hall–Kier alpha value is -1.61. The van der Waals surface area contributed by atoms with E-state index < -0.39 is 0 Å². The monoisotopic (exact) mass is 230 g/mol. The molecule has 2 aromatic rings. The molecular formula is C14H18N2O. The first kappa shape index (κ1) is 11.9. The fraction of sp³-hybridized carbons (Fsp3) is 0.357. The normalized spacial score (nSPS) is 12.6. The molecule has 2 rings (SSSR count). The van der Waals surface area contributed by atoms with Gasteiger partial charge < -0.3 is 9.73 Å². The van der Waals surface area contributed by atoms with E-state index in [0.29, 0.717) is 0 Å². The Morgan fingerprint density at radius 3 is 2.82 bits per heavy atom. The minimum atomic E-state index is 0.199. The lowest BCUT2D eigenvalue weighted by atomic mass is 10.1. The van der Waals surface area contributed by atoms with Crippen LogP contribution in [0, 0.1) is 6.92 Å². The van der Waals surface area contributed by atoms with Gasteiger partial charge in [0.05, 0.1) is 12.3 Å². The lowest BCUT2D eigenvalue weighted by Crippen LogP contribution is -2.23. The maximum Gasteiger partial charge on any atom is 0.123 e. The summed E-state index contributed by atoms with van der Waals surface area (Å²) in [5.41, 5.74) is 2.26. The molecule has 0 aromatic carbocycles. The summed E-state index contributed by atoms with van der Waals surface area (Å²) in [7, 11) is 0. The van der Waals surface area contributed by atoms with E-state index in [1.54, 1.807) is 6.26 Å². The Balaban J connectivity index is 2.16. The summed E-state index contributed by atoms with van der Waals surface area (Å²) >= 11 is 0. The highest BCUT2D eigenvalue weighted by atomic mass is 16.3. The van der Waals surface area contributed by atoms with Gasteiger partial charge in [0.25, 0.3) is 0 Å². The van der Waals surface area contributed by atoms with Crippen LogP contribution in [0.5, 0.6) is 0 Å². The Labute approximate surface area is 102 Å². The highest BCUT2D eigenvalue weighted by Crippen LogP contribution is 2.21. The van der Waals surface area contributed by atoms with E-state index in [2.05, 4.69) is 24.1 Å². The molecule has 0 aliphatic rings. The summed E-state index contributed by atoms with van der Waals surface area (Å²) in [6.07, 6.45) is 4.42. The minimum absolute atomic E-state index is 0.199. The van der Waals surface area contributed by atoms with Gasteiger partial charge in [0.2, 0.25) is 0 Å². The van der Waals surface area contributed by atoms with Crippen molar-refractivity contribution >= 4 is 0 Å². The van der Waals surface area contributed by atoms with Crippen molar-refractivity contribution < 1.29 is 4.42 Å². The van der Waals surface area contributed by atoms with E-state index in [4.69, 9.17) is 4.42 Å². The molecule has 0 bridgehead atoms. The van der Waals surface area contributed by atoms with Gasteiger partial charge in [0, 0.05) is 18.3 Å². The zero-order valence-corrected chi connectivity index (χ0v) is 10.3. The van der Waals surface area contributed by atoms with Gasteiger partial charge in [-0.2, -0.15) is 0 Å². The predicted octanol–water partition coefficient (Wildman–Crippen LogP) is 2.88. The van der Waals surface area contributed by atoms with Crippen LogP contribution in [0.25, 0.3) is 0 Å². The zero-order valence-electron chi connectivity index (χ0n) is 10.3. The molecule has 0 aliphatic heterocycles. The molecule has 2 heterocycles. The Morgan fingerprint density at radius 2 is 2.24 bits per heavy atom. The number of hydrogen-bond donors (Lipinski definition) is 1. The van der Waals surface area contributed by atoms with Crippen molar-refractivity contribution in [1.29, 1.82) is 0 Å². The zero-order chi connectivity index (χ0) is 12.1. The number of nitrogens with zero attached hydrogens (tertiary/aromatic N) is 1. The first-order valence-electron chi connectivity index (χ1n) is 5.98. The first-order valence-corrected chi connectivity index (χ1v) is 5.98. The van der Waals surface area contributed by atoms with Gasteiger partial charge in [-0.05, 0) is 37.2 Å². The average molecular weight is 230 g/mol. The fourth-order valence-corrected chi connectivity index (χ4v) is 1.97. The highest BCUT2D eigenvalue weighted by molar-refractivity contribution is 5.20. The van der Waals surface area contributed by atoms with E-state index in [-0.39, 0.29) is 6.04 Å². The van der Waals surface area contributed by atoms with Crippen molar-refractivity contribution in [2.75, 3.05) is 6.54 Å². The first-order chi connectivity index (χ1) is 8.31. The molecule has 0 fully saturated rings. The number of likely N-dealkylation sites (N-methyl/N-ethyl adjacent to an activating group) is 1. The third-order valence-corrected chi connectivity index (χ3v) is 2.81. The second-order valence-electron chi connectivity index (χ2n) is 4.10. The summed E-state index contributed by atoms with van der Waals surface area (Å²) in [6.45, 7) is 5.09. The van der Waals surface area contributed by atoms with Crippen LogP contribution >= 0.6 is 0 Å². The Morgan fingerprint density at radius 1 is 1.35 bits per heavy atom. The molecule has 17 heavy (non-hydrogen) atoms. The average Bonchev–Trinajstić information content (AvgIpc) is 2.76. The van der Waals surface area contributed by atoms with Crippen LogP contribution in [0.3, 0.4) is 0 Å². The molecule has 0 amide bonds. The third-order valence-electron chi connectivity index (χ3n) is 2.81. The molecule has 0 aliphatic carbocycles. The third kappa shape index (κ3) is 2.94. The quantitative estimate of drug-likeness (QED) is 0.858. The van der Waals surface area contributed by atoms with Crippen LogP contribution in [-0.4, -0.2) is 11.5 Å². The van der Waals surface area contributed by atoms with E-state index >= 15 is 0 Å². The van der Waals surface area contributed by atoms with Crippen molar-refractivity contribution in [2.45, 2.75) is 26.3 Å². The molecule has 90 valence electrons. The second-order valence-corrected chi connectivity index (χ2v) is 4.10. The number of hydrogen-bond acceptors (Lipinski definition) is 3. The summed E-state index contributed by atoms with van der Waals surface area (Å²) in [5, 5.41) is 3.44. The molecule has 0 radical (unpaired) electrons. The summed E-state index contributed by atoms with van der Waals surface area (Å²) in [6, 6.07) is 8.19. The van der Waals surface area contributed by atoms with Crippen LogP contribution in [0.2, 0.25) is 0 Å². The smallest absolute Gasteiger partial charge is 0.123 e. The SMILES string of the molecule is CCNC(Cc1ccccn1)c1occc1C. The van der Waals surface area contributed by atoms with Gasteiger partial charge in [-0.1, -0.05) is 13.0 Å². The largest absolute Gasteiger partial charge is 0.467 e. The number of aryl methyl sites for hydroxylation is 1. The molecule has 2 aromatic heterocycles. The molecular weight excluding hydrogens is 212 g/mol. The minimum Gasteiger partial charge on any atom is -0.467 e. The van der Waals surface area contributed by atoms with Crippen LogP contribution < -0.4 is 5.32 Å². The summed E-state index contributed by atoms with van der Waals surface area (Å²) in [4.78, 5) is 4.36. The van der Waals surface area contributed by atoms with Crippen molar-refractivity contribution in [3.8, 4) is 0 Å². The van der Waals surface area contributed by atoms with Gasteiger partial charge in [-0.25, -0.2) is 0 Å². The molecule has 3 nitrogen and oxygen atoms in total. The van der Waals surface area contributed by atoms with E-state index in [1.807, 2.05) is 30.5 Å². The Bertz CT molecular complexity index is 450. The van der Waals surface area contributed by atoms with E-state index in [9.17, 15) is 0 Å². The number of pyridine rings is 1. The van der Waals surface area contributed by atoms with E-state index in [0.717, 1.165) is 24.4 Å². The lowest BCUT2D eigenvalue weighted by molar-refractivity contribution is 0.411. The second kappa shape index (κ2) is 5.64. The van der Waals surface area contributed by atoms with Gasteiger partial charge in [-0.3, -0.25) is 4.98 Å². The standard InChI is InChI=1S/C14H18N2O/c1-3-15-13(14-11(2)7-9-17-14)10-12-6-4-5-8-16-12/h4-9,13,15H,3,10H2,1-2H3. The lowest BCUT2D eigenvalue weighted by Gasteiger charge is -2.16. The molecule has 0 saturated carbocycles. The van der Waals surface area contributed by atoms with Crippen LogP contribution in [0.4, 0.5) is 0 Å². The van der Waals surface area contributed by atoms with Gasteiger partial charge in [-0.15, -0.1) is 0 Å². The molecule has 1 unspecified atom stereocenters. The molecule has 1 N–H and O–H groups in total. The topological polar surface area (TPSA) is 38.1 Å². The van der Waals surface area contributed by atoms with Crippen molar-refractivity contribution in [2.24, 2.45) is 0 Å². The van der Waals surface area contributed by atoms with Crippen molar-refractivity contribution in [3.05, 3.63) is 53.7 Å². The molecule has 3 heteroatoms. The number of rotatable bonds is 5. The van der Waals surface area contributed by atoms with Crippen LogP contribution in [0.1, 0.15) is 30.0 Å². The molecule has 1 atom stereocenters. The maximum absolute atomic E-state index is 5.56. The molecule has 0 spiro atoms. The van der Waals surface area contributed by atoms with Gasteiger partial charge in [0.15, 0.2) is 0 Å². The van der Waals surface area contributed by atoms with Crippen molar-refractivity contribution in [3.63, 3.8) is 0 Å². The number of aromatic nitrogens is 1. The predicted molar refractivity (Wildman–Crippen MR) is 67.8 cm³/mol. The van der Waals surface area contributed by atoms with Crippen molar-refractivity contribution in [1.82, 2.24) is 10.3 Å². The number of furan rings is 1. The number of nitrogens with one attached hydrogen (secondary N) is 1. The molecule has 0 saturated heterocycles.